The average molecular weight is 521 g/mol. The van der Waals surface area contributed by atoms with Crippen LogP contribution in [0.4, 0.5) is 0 Å². The van der Waals surface area contributed by atoms with Crippen LogP contribution in [0.1, 0.15) is 0 Å². The van der Waals surface area contributed by atoms with Gasteiger partial charge < -0.3 is 4.57 Å². The monoisotopic (exact) mass is 520 g/mol. The van der Waals surface area contributed by atoms with Crippen molar-refractivity contribution >= 4 is 65.0 Å². The summed E-state index contributed by atoms with van der Waals surface area (Å²) in [5.41, 5.74) is 6.69. The number of fused-ring (bicyclic) bond motifs is 10. The third-order valence-electron chi connectivity index (χ3n) is 8.56. The molecule has 9 rings (SSSR count). The summed E-state index contributed by atoms with van der Waals surface area (Å²) in [4.78, 5) is 4.92. The van der Waals surface area contributed by atoms with Gasteiger partial charge in [-0.15, -0.1) is 0 Å². The zero-order chi connectivity index (χ0) is 26.9. The number of pyridine rings is 1. The fraction of sp³-hybridized carbons (Fsp3) is 0. The number of hydrogen-bond acceptors (Lipinski definition) is 1. The molecule has 2 nitrogen and oxygen atoms in total. The number of hydrogen-bond donors (Lipinski definition) is 0. The maximum atomic E-state index is 4.92. The van der Waals surface area contributed by atoms with Crippen molar-refractivity contribution in [1.82, 2.24) is 9.55 Å². The minimum atomic E-state index is 0.988. The lowest BCUT2D eigenvalue weighted by atomic mass is 9.93. The highest BCUT2D eigenvalue weighted by molar-refractivity contribution is 6.28. The van der Waals surface area contributed by atoms with Crippen LogP contribution < -0.4 is 0 Å². The molecular formula is C39H24N2. The minimum Gasteiger partial charge on any atom is -0.309 e. The van der Waals surface area contributed by atoms with Crippen molar-refractivity contribution in [3.05, 3.63) is 146 Å². The van der Waals surface area contributed by atoms with E-state index in [0.717, 1.165) is 27.8 Å². The first kappa shape index (κ1) is 22.4. The van der Waals surface area contributed by atoms with Crippen LogP contribution in [0.25, 0.3) is 82.0 Å². The Morgan fingerprint density at radius 3 is 1.71 bits per heavy atom. The van der Waals surface area contributed by atoms with Crippen LogP contribution in [-0.2, 0) is 0 Å². The molecule has 0 N–H and O–H groups in total. The van der Waals surface area contributed by atoms with Crippen LogP contribution in [-0.4, -0.2) is 9.55 Å². The van der Waals surface area contributed by atoms with Gasteiger partial charge in [0.05, 0.1) is 22.2 Å². The first-order valence-electron chi connectivity index (χ1n) is 14.1. The molecule has 0 aliphatic carbocycles. The number of para-hydroxylation sites is 2. The second kappa shape index (κ2) is 8.51. The summed E-state index contributed by atoms with van der Waals surface area (Å²) < 4.78 is 2.41. The summed E-state index contributed by atoms with van der Waals surface area (Å²) >= 11 is 0. The zero-order valence-corrected chi connectivity index (χ0v) is 22.3. The highest BCUT2D eigenvalue weighted by Crippen LogP contribution is 2.40. The topological polar surface area (TPSA) is 17.8 Å². The molecule has 0 saturated heterocycles. The number of benzene rings is 7. The predicted octanol–water partition coefficient (Wildman–Crippen LogP) is 10.5. The lowest BCUT2D eigenvalue weighted by Crippen LogP contribution is -1.94. The summed E-state index contributed by atoms with van der Waals surface area (Å²) in [6, 6.07) is 52.5. The summed E-state index contributed by atoms with van der Waals surface area (Å²) in [7, 11) is 0. The van der Waals surface area contributed by atoms with Gasteiger partial charge in [-0.2, -0.15) is 0 Å². The van der Waals surface area contributed by atoms with Gasteiger partial charge in [-0.25, -0.2) is 4.98 Å². The first-order chi connectivity index (χ1) is 20.3. The molecular weight excluding hydrogens is 496 g/mol. The van der Waals surface area contributed by atoms with Crippen LogP contribution in [0, 0.1) is 0 Å². The zero-order valence-electron chi connectivity index (χ0n) is 22.3. The van der Waals surface area contributed by atoms with E-state index in [0.29, 0.717) is 0 Å². The van der Waals surface area contributed by atoms with E-state index in [1.165, 1.54) is 54.1 Å². The van der Waals surface area contributed by atoms with Crippen LogP contribution in [0.15, 0.2) is 146 Å². The molecule has 0 amide bonds. The second-order valence-corrected chi connectivity index (χ2v) is 10.8. The van der Waals surface area contributed by atoms with Gasteiger partial charge in [0, 0.05) is 27.4 Å². The van der Waals surface area contributed by atoms with Crippen LogP contribution in [0.2, 0.25) is 0 Å². The summed E-state index contributed by atoms with van der Waals surface area (Å²) in [6.45, 7) is 0. The molecule has 0 atom stereocenters. The Bertz CT molecular complexity index is 2460. The molecule has 9 aromatic rings. The van der Waals surface area contributed by atoms with E-state index in [-0.39, 0.29) is 0 Å². The quantitative estimate of drug-likeness (QED) is 0.207. The van der Waals surface area contributed by atoms with Crippen molar-refractivity contribution < 1.29 is 0 Å². The average Bonchev–Trinajstić information content (AvgIpc) is 3.37. The van der Waals surface area contributed by atoms with Crippen LogP contribution in [0.3, 0.4) is 0 Å². The Hall–Kier alpha value is -5.47. The molecule has 0 bridgehead atoms. The smallest absolute Gasteiger partial charge is 0.0709 e. The molecule has 7 aromatic carbocycles. The van der Waals surface area contributed by atoms with Crippen molar-refractivity contribution in [2.45, 2.75) is 0 Å². The normalized spacial score (nSPS) is 11.9. The Morgan fingerprint density at radius 1 is 0.390 bits per heavy atom. The first-order valence-corrected chi connectivity index (χ1v) is 14.1. The van der Waals surface area contributed by atoms with Gasteiger partial charge in [0.1, 0.15) is 0 Å². The SMILES string of the molecule is c1ccc2nc(-c3ccc(-n4c5ccccc5c5cc6c7ccccc7c7ccccc7c6cc54)cc3)ccc2c1. The van der Waals surface area contributed by atoms with Crippen molar-refractivity contribution in [2.24, 2.45) is 0 Å². The molecule has 190 valence electrons. The van der Waals surface area contributed by atoms with Gasteiger partial charge in [-0.3, -0.25) is 0 Å². The largest absolute Gasteiger partial charge is 0.309 e. The molecule has 0 fully saturated rings. The van der Waals surface area contributed by atoms with Gasteiger partial charge >= 0.3 is 0 Å². The molecule has 2 heteroatoms. The Balaban J connectivity index is 1.31. The fourth-order valence-corrected chi connectivity index (χ4v) is 6.65. The minimum absolute atomic E-state index is 0.988. The molecule has 41 heavy (non-hydrogen) atoms. The Morgan fingerprint density at radius 2 is 0.976 bits per heavy atom. The third kappa shape index (κ3) is 3.28. The summed E-state index contributed by atoms with van der Waals surface area (Å²) in [5, 5.41) is 11.5. The van der Waals surface area contributed by atoms with Crippen molar-refractivity contribution in [3.63, 3.8) is 0 Å². The van der Waals surface area contributed by atoms with E-state index in [1.807, 2.05) is 6.07 Å². The van der Waals surface area contributed by atoms with E-state index in [9.17, 15) is 0 Å². The number of aromatic nitrogens is 2. The third-order valence-corrected chi connectivity index (χ3v) is 8.56. The molecule has 0 spiro atoms. The highest BCUT2D eigenvalue weighted by atomic mass is 15.0. The second-order valence-electron chi connectivity index (χ2n) is 10.8. The standard InChI is InChI=1S/C39H24N2/c1-7-15-36-25(9-1)19-22-37(40-36)26-17-20-27(21-18-26)41-38-16-8-6-14-32(38)35-23-33-30-12-4-2-10-28(30)29-11-3-5-13-31(29)34(33)24-39(35)41/h1-24H. The fourth-order valence-electron chi connectivity index (χ4n) is 6.65. The van der Waals surface area contributed by atoms with Crippen LogP contribution in [0.5, 0.6) is 0 Å². The molecule has 0 aliphatic heterocycles. The number of nitrogens with zero attached hydrogens (tertiary/aromatic N) is 2. The lowest BCUT2D eigenvalue weighted by molar-refractivity contribution is 1.18. The van der Waals surface area contributed by atoms with Crippen LogP contribution >= 0.6 is 0 Å². The Labute approximate surface area is 236 Å². The van der Waals surface area contributed by atoms with Crippen molar-refractivity contribution in [2.75, 3.05) is 0 Å². The molecule has 0 saturated carbocycles. The van der Waals surface area contributed by atoms with Gasteiger partial charge in [0.2, 0.25) is 0 Å². The van der Waals surface area contributed by atoms with Gasteiger partial charge in [0.25, 0.3) is 0 Å². The van der Waals surface area contributed by atoms with Crippen molar-refractivity contribution in [1.29, 1.82) is 0 Å². The molecule has 2 heterocycles. The maximum absolute atomic E-state index is 4.92. The highest BCUT2D eigenvalue weighted by Gasteiger charge is 2.16. The lowest BCUT2D eigenvalue weighted by Gasteiger charge is -2.13. The van der Waals surface area contributed by atoms with E-state index < -0.39 is 0 Å². The van der Waals surface area contributed by atoms with Gasteiger partial charge in [-0.1, -0.05) is 103 Å². The predicted molar refractivity (Wildman–Crippen MR) is 174 cm³/mol. The number of rotatable bonds is 2. The van der Waals surface area contributed by atoms with E-state index >= 15 is 0 Å². The van der Waals surface area contributed by atoms with E-state index in [4.69, 9.17) is 4.98 Å². The Kier molecular flexibility index (Phi) is 4.64. The molecule has 0 radical (unpaired) electrons. The van der Waals surface area contributed by atoms with Gasteiger partial charge in [0.15, 0.2) is 0 Å². The molecule has 2 aromatic heterocycles. The van der Waals surface area contributed by atoms with E-state index in [1.54, 1.807) is 0 Å². The maximum Gasteiger partial charge on any atom is 0.0709 e. The molecule has 0 unspecified atom stereocenters. The molecule has 0 aliphatic rings. The van der Waals surface area contributed by atoms with E-state index in [2.05, 4.69) is 144 Å². The summed E-state index contributed by atoms with van der Waals surface area (Å²) in [6.07, 6.45) is 0. The van der Waals surface area contributed by atoms with Crippen molar-refractivity contribution in [3.8, 4) is 16.9 Å². The van der Waals surface area contributed by atoms with Gasteiger partial charge in [-0.05, 0) is 74.8 Å². The summed E-state index contributed by atoms with van der Waals surface area (Å²) in [5.74, 6) is 0.